The number of nitrogens with zero attached hydrogens (tertiary/aromatic N) is 2. The first kappa shape index (κ1) is 20.4. The fourth-order valence-corrected chi connectivity index (χ4v) is 3.94. The highest BCUT2D eigenvalue weighted by molar-refractivity contribution is 5.78. The summed E-state index contributed by atoms with van der Waals surface area (Å²) in [6, 6.07) is 17.0. The van der Waals surface area contributed by atoms with Crippen molar-refractivity contribution >= 4 is 11.6 Å². The van der Waals surface area contributed by atoms with Gasteiger partial charge >= 0.3 is 0 Å². The second-order valence-corrected chi connectivity index (χ2v) is 7.80. The van der Waals surface area contributed by atoms with Gasteiger partial charge in [-0.1, -0.05) is 49.4 Å². The summed E-state index contributed by atoms with van der Waals surface area (Å²) in [6.45, 7) is 11.5. The average molecular weight is 380 g/mol. The van der Waals surface area contributed by atoms with Gasteiger partial charge in [0.15, 0.2) is 0 Å². The first-order chi connectivity index (χ1) is 13.6. The van der Waals surface area contributed by atoms with Gasteiger partial charge in [0.25, 0.3) is 0 Å². The van der Waals surface area contributed by atoms with Crippen LogP contribution in [0, 0.1) is 13.8 Å². The molecule has 1 fully saturated rings. The summed E-state index contributed by atoms with van der Waals surface area (Å²) in [7, 11) is 0. The molecule has 4 nitrogen and oxygen atoms in total. The van der Waals surface area contributed by atoms with Crippen molar-refractivity contribution in [1.82, 2.24) is 10.2 Å². The van der Waals surface area contributed by atoms with Gasteiger partial charge in [0.05, 0.1) is 6.54 Å². The molecule has 1 aliphatic rings. The highest BCUT2D eigenvalue weighted by atomic mass is 16.2. The third-order valence-electron chi connectivity index (χ3n) is 5.97. The van der Waals surface area contributed by atoms with Gasteiger partial charge in [0, 0.05) is 44.3 Å². The molecule has 3 rings (SSSR count). The van der Waals surface area contributed by atoms with Crippen LogP contribution in [0.2, 0.25) is 0 Å². The molecule has 2 aromatic rings. The van der Waals surface area contributed by atoms with Crippen molar-refractivity contribution in [2.45, 2.75) is 33.1 Å². The summed E-state index contributed by atoms with van der Waals surface area (Å²) in [4.78, 5) is 17.2. The number of hydrogen-bond donors (Lipinski definition) is 1. The Morgan fingerprint density at radius 3 is 2.39 bits per heavy atom. The van der Waals surface area contributed by atoms with E-state index >= 15 is 0 Å². The Bertz CT molecular complexity index is 767. The Kier molecular flexibility index (Phi) is 7.10. The lowest BCUT2D eigenvalue weighted by Crippen LogP contribution is -2.50. The van der Waals surface area contributed by atoms with E-state index in [2.05, 4.69) is 78.4 Å². The molecular formula is C24H33N3O. The van der Waals surface area contributed by atoms with Crippen LogP contribution in [-0.4, -0.2) is 50.1 Å². The third kappa shape index (κ3) is 5.14. The lowest BCUT2D eigenvalue weighted by Gasteiger charge is -2.36. The lowest BCUT2D eigenvalue weighted by molar-refractivity contribution is -0.122. The maximum Gasteiger partial charge on any atom is 0.234 e. The van der Waals surface area contributed by atoms with Crippen molar-refractivity contribution in [3.63, 3.8) is 0 Å². The molecule has 0 unspecified atom stereocenters. The molecule has 1 aliphatic heterocycles. The van der Waals surface area contributed by atoms with Gasteiger partial charge < -0.3 is 10.2 Å². The molecule has 0 spiro atoms. The van der Waals surface area contributed by atoms with Crippen LogP contribution in [0.15, 0.2) is 48.5 Å². The lowest BCUT2D eigenvalue weighted by atomic mass is 9.96. The van der Waals surface area contributed by atoms with Crippen LogP contribution in [0.3, 0.4) is 0 Å². The monoisotopic (exact) mass is 379 g/mol. The van der Waals surface area contributed by atoms with Gasteiger partial charge in [0.1, 0.15) is 0 Å². The van der Waals surface area contributed by atoms with Crippen LogP contribution in [0.1, 0.15) is 36.0 Å². The van der Waals surface area contributed by atoms with E-state index in [1.807, 2.05) is 6.07 Å². The van der Waals surface area contributed by atoms with E-state index in [-0.39, 0.29) is 5.91 Å². The van der Waals surface area contributed by atoms with Crippen LogP contribution in [-0.2, 0) is 4.79 Å². The highest BCUT2D eigenvalue weighted by Gasteiger charge is 2.21. The number of benzene rings is 2. The fourth-order valence-electron chi connectivity index (χ4n) is 3.94. The number of carbonyl (C=O) groups is 1. The quantitative estimate of drug-likeness (QED) is 0.796. The Hall–Kier alpha value is -2.33. The molecule has 1 amide bonds. The molecule has 1 saturated heterocycles. The molecule has 1 N–H and O–H groups in total. The minimum Gasteiger partial charge on any atom is -0.369 e. The van der Waals surface area contributed by atoms with Crippen LogP contribution >= 0.6 is 0 Å². The van der Waals surface area contributed by atoms with Gasteiger partial charge in [-0.25, -0.2) is 0 Å². The van der Waals surface area contributed by atoms with E-state index < -0.39 is 0 Å². The van der Waals surface area contributed by atoms with E-state index in [1.165, 1.54) is 22.4 Å². The average Bonchev–Trinajstić information content (AvgIpc) is 2.72. The Morgan fingerprint density at radius 2 is 1.71 bits per heavy atom. The molecule has 0 radical (unpaired) electrons. The Morgan fingerprint density at radius 1 is 1.00 bits per heavy atom. The maximum absolute atomic E-state index is 12.4. The number of amides is 1. The fraction of sp³-hybridized carbons (Fsp3) is 0.458. The minimum absolute atomic E-state index is 0.134. The van der Waals surface area contributed by atoms with E-state index in [1.54, 1.807) is 0 Å². The zero-order valence-electron chi connectivity index (χ0n) is 17.4. The number of carbonyl (C=O) groups excluding carboxylic acids is 1. The molecular weight excluding hydrogens is 346 g/mol. The summed E-state index contributed by atoms with van der Waals surface area (Å²) in [5.41, 5.74) is 5.33. The van der Waals surface area contributed by atoms with Gasteiger partial charge in [-0.15, -0.1) is 0 Å². The molecule has 0 aromatic heterocycles. The molecule has 1 heterocycles. The van der Waals surface area contributed by atoms with Crippen molar-refractivity contribution in [2.75, 3.05) is 44.2 Å². The molecule has 1 atom stereocenters. The van der Waals surface area contributed by atoms with Gasteiger partial charge in [-0.2, -0.15) is 0 Å². The number of aryl methyl sites for hydroxylation is 1. The topological polar surface area (TPSA) is 35.6 Å². The van der Waals surface area contributed by atoms with Crippen LogP contribution in [0.5, 0.6) is 0 Å². The molecule has 28 heavy (non-hydrogen) atoms. The van der Waals surface area contributed by atoms with E-state index in [4.69, 9.17) is 0 Å². The smallest absolute Gasteiger partial charge is 0.234 e. The van der Waals surface area contributed by atoms with Crippen molar-refractivity contribution < 1.29 is 4.79 Å². The Labute approximate surface area is 169 Å². The van der Waals surface area contributed by atoms with Crippen molar-refractivity contribution in [3.05, 3.63) is 65.2 Å². The summed E-state index contributed by atoms with van der Waals surface area (Å²) in [6.07, 6.45) is 1.03. The number of nitrogens with one attached hydrogen (secondary N) is 1. The summed E-state index contributed by atoms with van der Waals surface area (Å²) in [5, 5.41) is 3.14. The predicted molar refractivity (Wildman–Crippen MR) is 117 cm³/mol. The van der Waals surface area contributed by atoms with E-state index in [0.717, 1.165) is 32.6 Å². The molecule has 4 heteroatoms. The van der Waals surface area contributed by atoms with Crippen LogP contribution in [0.25, 0.3) is 0 Å². The Balaban J connectivity index is 1.45. The third-order valence-corrected chi connectivity index (χ3v) is 5.97. The number of hydrogen-bond acceptors (Lipinski definition) is 3. The maximum atomic E-state index is 12.4. The second-order valence-electron chi connectivity index (χ2n) is 7.80. The van der Waals surface area contributed by atoms with Crippen molar-refractivity contribution in [3.8, 4) is 0 Å². The van der Waals surface area contributed by atoms with E-state index in [0.29, 0.717) is 19.0 Å². The molecule has 0 saturated carbocycles. The van der Waals surface area contributed by atoms with Gasteiger partial charge in [-0.05, 0) is 43.0 Å². The second kappa shape index (κ2) is 9.74. The predicted octanol–water partition coefficient (Wildman–Crippen LogP) is 3.74. The zero-order valence-corrected chi connectivity index (χ0v) is 17.4. The summed E-state index contributed by atoms with van der Waals surface area (Å²) < 4.78 is 0. The molecule has 150 valence electrons. The normalized spacial score (nSPS) is 16.0. The highest BCUT2D eigenvalue weighted by Crippen LogP contribution is 2.23. The van der Waals surface area contributed by atoms with Crippen molar-refractivity contribution in [2.24, 2.45) is 0 Å². The van der Waals surface area contributed by atoms with Gasteiger partial charge in [-0.3, -0.25) is 9.69 Å². The number of anilines is 1. The molecule has 0 aliphatic carbocycles. The summed E-state index contributed by atoms with van der Waals surface area (Å²) in [5.74, 6) is 0.515. The zero-order chi connectivity index (χ0) is 19.9. The molecule has 2 aromatic carbocycles. The first-order valence-electron chi connectivity index (χ1n) is 10.4. The SMILES string of the molecule is CC[C@H](CNC(=O)CN1CCN(c2cccc(C)c2C)CC1)c1ccccc1. The minimum atomic E-state index is 0.134. The summed E-state index contributed by atoms with van der Waals surface area (Å²) >= 11 is 0. The number of rotatable bonds is 7. The van der Waals surface area contributed by atoms with Gasteiger partial charge in [0.2, 0.25) is 5.91 Å². The van der Waals surface area contributed by atoms with Crippen molar-refractivity contribution in [1.29, 1.82) is 0 Å². The molecule has 0 bridgehead atoms. The largest absolute Gasteiger partial charge is 0.369 e. The van der Waals surface area contributed by atoms with E-state index in [9.17, 15) is 4.79 Å². The number of piperazine rings is 1. The van der Waals surface area contributed by atoms with Crippen LogP contribution in [0.4, 0.5) is 5.69 Å². The first-order valence-corrected chi connectivity index (χ1v) is 10.4. The standard InChI is InChI=1S/C24H33N3O/c1-4-21(22-10-6-5-7-11-22)17-25-24(28)18-26-13-15-27(16-14-26)23-12-8-9-19(2)20(23)3/h5-12,21H,4,13-18H2,1-3H3,(H,25,28)/t21-/m1/s1. The van der Waals surface area contributed by atoms with Crippen LogP contribution < -0.4 is 10.2 Å².